The number of rotatable bonds is 1. The number of nitrogens with zero attached hydrogens (tertiary/aromatic N) is 1. The van der Waals surface area contributed by atoms with Gasteiger partial charge in [-0.2, -0.15) is 0 Å². The standard InChI is InChI=1S/C10H11Cl2NO/c11-8-1-2-9(12)10(7-8)13-3-5-14-6-4-13/h1-2,7H,3-6H2. The average Bonchev–Trinajstić information content (AvgIpc) is 2.23. The Labute approximate surface area is 93.4 Å². The molecule has 0 spiro atoms. The highest BCUT2D eigenvalue weighted by Gasteiger charge is 2.13. The third kappa shape index (κ3) is 2.14. The Balaban J connectivity index is 2.24. The minimum Gasteiger partial charge on any atom is -0.378 e. The monoisotopic (exact) mass is 231 g/mol. The van der Waals surface area contributed by atoms with Gasteiger partial charge < -0.3 is 9.64 Å². The summed E-state index contributed by atoms with van der Waals surface area (Å²) in [6.45, 7) is 3.26. The lowest BCUT2D eigenvalue weighted by Gasteiger charge is -2.29. The van der Waals surface area contributed by atoms with Crippen LogP contribution in [0.25, 0.3) is 0 Å². The molecule has 1 heterocycles. The van der Waals surface area contributed by atoms with Crippen LogP contribution in [-0.4, -0.2) is 26.3 Å². The molecule has 0 aromatic heterocycles. The van der Waals surface area contributed by atoms with Crippen LogP contribution in [0.15, 0.2) is 18.2 Å². The molecule has 1 fully saturated rings. The van der Waals surface area contributed by atoms with Gasteiger partial charge in [0.1, 0.15) is 0 Å². The minimum absolute atomic E-state index is 0.718. The van der Waals surface area contributed by atoms with Crippen molar-refractivity contribution in [2.75, 3.05) is 31.2 Å². The van der Waals surface area contributed by atoms with Gasteiger partial charge in [-0.15, -0.1) is 0 Å². The molecule has 0 radical (unpaired) electrons. The topological polar surface area (TPSA) is 12.5 Å². The number of morpholine rings is 1. The molecule has 76 valence electrons. The Morgan fingerprint density at radius 3 is 2.57 bits per heavy atom. The Bertz CT molecular complexity index is 324. The summed E-state index contributed by atoms with van der Waals surface area (Å²) in [5.74, 6) is 0. The van der Waals surface area contributed by atoms with Gasteiger partial charge in [0.2, 0.25) is 0 Å². The molecule has 0 bridgehead atoms. The van der Waals surface area contributed by atoms with Crippen LogP contribution in [0, 0.1) is 0 Å². The van der Waals surface area contributed by atoms with Crippen molar-refractivity contribution < 1.29 is 4.74 Å². The fourth-order valence-electron chi connectivity index (χ4n) is 1.53. The van der Waals surface area contributed by atoms with E-state index in [1.807, 2.05) is 12.1 Å². The first-order chi connectivity index (χ1) is 6.77. The zero-order valence-corrected chi connectivity index (χ0v) is 9.18. The van der Waals surface area contributed by atoms with E-state index in [1.54, 1.807) is 6.07 Å². The molecule has 2 rings (SSSR count). The molecular weight excluding hydrogens is 221 g/mol. The summed E-state index contributed by atoms with van der Waals surface area (Å²) in [4.78, 5) is 2.19. The maximum Gasteiger partial charge on any atom is 0.0642 e. The van der Waals surface area contributed by atoms with E-state index in [1.165, 1.54) is 0 Å². The van der Waals surface area contributed by atoms with E-state index >= 15 is 0 Å². The van der Waals surface area contributed by atoms with Crippen LogP contribution in [0.1, 0.15) is 0 Å². The highest BCUT2D eigenvalue weighted by atomic mass is 35.5. The normalized spacial score (nSPS) is 17.1. The fraction of sp³-hybridized carbons (Fsp3) is 0.400. The lowest BCUT2D eigenvalue weighted by Crippen LogP contribution is -2.36. The van der Waals surface area contributed by atoms with Gasteiger partial charge in [-0.25, -0.2) is 0 Å². The average molecular weight is 232 g/mol. The van der Waals surface area contributed by atoms with E-state index in [9.17, 15) is 0 Å². The molecule has 0 atom stereocenters. The molecule has 0 unspecified atom stereocenters. The van der Waals surface area contributed by atoms with Gasteiger partial charge in [0, 0.05) is 18.1 Å². The number of benzene rings is 1. The van der Waals surface area contributed by atoms with Crippen LogP contribution in [0.4, 0.5) is 5.69 Å². The van der Waals surface area contributed by atoms with E-state index in [0.29, 0.717) is 0 Å². The van der Waals surface area contributed by atoms with Crippen molar-refractivity contribution in [2.24, 2.45) is 0 Å². The molecule has 4 heteroatoms. The van der Waals surface area contributed by atoms with Crippen molar-refractivity contribution in [3.63, 3.8) is 0 Å². The van der Waals surface area contributed by atoms with Crippen molar-refractivity contribution in [3.8, 4) is 0 Å². The summed E-state index contributed by atoms with van der Waals surface area (Å²) in [5, 5.41) is 1.46. The van der Waals surface area contributed by atoms with Crippen molar-refractivity contribution in [3.05, 3.63) is 28.2 Å². The smallest absolute Gasteiger partial charge is 0.0642 e. The first-order valence-corrected chi connectivity index (χ1v) is 5.31. The summed E-state index contributed by atoms with van der Waals surface area (Å²) in [6, 6.07) is 5.53. The molecule has 14 heavy (non-hydrogen) atoms. The lowest BCUT2D eigenvalue weighted by atomic mass is 10.2. The van der Waals surface area contributed by atoms with Crippen molar-refractivity contribution in [1.29, 1.82) is 0 Å². The first-order valence-electron chi connectivity index (χ1n) is 4.55. The molecular formula is C10H11Cl2NO. The van der Waals surface area contributed by atoms with Gasteiger partial charge in [0.25, 0.3) is 0 Å². The quantitative estimate of drug-likeness (QED) is 0.738. The summed E-state index contributed by atoms with van der Waals surface area (Å²) in [5.41, 5.74) is 1.00. The molecule has 1 aliphatic heterocycles. The van der Waals surface area contributed by atoms with Crippen molar-refractivity contribution in [2.45, 2.75) is 0 Å². The largest absolute Gasteiger partial charge is 0.378 e. The van der Waals surface area contributed by atoms with Gasteiger partial charge >= 0.3 is 0 Å². The highest BCUT2D eigenvalue weighted by Crippen LogP contribution is 2.29. The Morgan fingerprint density at radius 2 is 1.86 bits per heavy atom. The molecule has 1 aromatic carbocycles. The predicted octanol–water partition coefficient (Wildman–Crippen LogP) is 2.83. The van der Waals surface area contributed by atoms with Crippen LogP contribution in [0.2, 0.25) is 10.0 Å². The first kappa shape index (κ1) is 10.1. The number of anilines is 1. The maximum atomic E-state index is 6.09. The molecule has 1 aliphatic rings. The lowest BCUT2D eigenvalue weighted by molar-refractivity contribution is 0.122. The van der Waals surface area contributed by atoms with E-state index in [4.69, 9.17) is 27.9 Å². The van der Waals surface area contributed by atoms with E-state index in [0.717, 1.165) is 42.0 Å². The summed E-state index contributed by atoms with van der Waals surface area (Å²) >= 11 is 12.0. The zero-order valence-electron chi connectivity index (χ0n) is 7.67. The minimum atomic E-state index is 0.718. The van der Waals surface area contributed by atoms with Gasteiger partial charge in [0.05, 0.1) is 23.9 Å². The van der Waals surface area contributed by atoms with Crippen LogP contribution in [-0.2, 0) is 4.74 Å². The molecule has 1 saturated heterocycles. The molecule has 0 aliphatic carbocycles. The van der Waals surface area contributed by atoms with E-state index < -0.39 is 0 Å². The predicted molar refractivity (Wildman–Crippen MR) is 59.5 cm³/mol. The maximum absolute atomic E-state index is 6.09. The molecule has 2 nitrogen and oxygen atoms in total. The van der Waals surface area contributed by atoms with Crippen molar-refractivity contribution in [1.82, 2.24) is 0 Å². The summed E-state index contributed by atoms with van der Waals surface area (Å²) in [7, 11) is 0. The van der Waals surface area contributed by atoms with Crippen LogP contribution in [0.5, 0.6) is 0 Å². The Morgan fingerprint density at radius 1 is 1.14 bits per heavy atom. The number of hydrogen-bond acceptors (Lipinski definition) is 2. The van der Waals surface area contributed by atoms with Gasteiger partial charge in [0.15, 0.2) is 0 Å². The van der Waals surface area contributed by atoms with Crippen LogP contribution < -0.4 is 4.90 Å². The van der Waals surface area contributed by atoms with E-state index in [2.05, 4.69) is 4.90 Å². The fourth-order valence-corrected chi connectivity index (χ4v) is 1.94. The zero-order chi connectivity index (χ0) is 9.97. The highest BCUT2D eigenvalue weighted by molar-refractivity contribution is 6.35. The van der Waals surface area contributed by atoms with Gasteiger partial charge in [-0.3, -0.25) is 0 Å². The van der Waals surface area contributed by atoms with Gasteiger partial charge in [-0.05, 0) is 18.2 Å². The third-order valence-corrected chi connectivity index (χ3v) is 2.81. The Kier molecular flexibility index (Phi) is 3.16. The van der Waals surface area contributed by atoms with Crippen molar-refractivity contribution >= 4 is 28.9 Å². The third-order valence-electron chi connectivity index (χ3n) is 2.26. The van der Waals surface area contributed by atoms with E-state index in [-0.39, 0.29) is 0 Å². The van der Waals surface area contributed by atoms with Crippen LogP contribution in [0.3, 0.4) is 0 Å². The SMILES string of the molecule is Clc1ccc(Cl)c(N2CCOCC2)c1. The second kappa shape index (κ2) is 4.39. The van der Waals surface area contributed by atoms with Gasteiger partial charge in [-0.1, -0.05) is 23.2 Å². The molecule has 1 aromatic rings. The molecule has 0 amide bonds. The second-order valence-electron chi connectivity index (χ2n) is 3.20. The van der Waals surface area contributed by atoms with Crippen LogP contribution >= 0.6 is 23.2 Å². The second-order valence-corrected chi connectivity index (χ2v) is 4.04. The number of ether oxygens (including phenoxy) is 1. The summed E-state index contributed by atoms with van der Waals surface area (Å²) < 4.78 is 5.27. The number of hydrogen-bond donors (Lipinski definition) is 0. The number of halogens is 2. The Hall–Kier alpha value is -0.440. The molecule has 0 saturated carbocycles. The molecule has 0 N–H and O–H groups in total. The summed E-state index contributed by atoms with van der Waals surface area (Å²) in [6.07, 6.45) is 0.